The summed E-state index contributed by atoms with van der Waals surface area (Å²) in [4.78, 5) is 0. The fourth-order valence-electron chi connectivity index (χ4n) is 1.48. The number of aryl methyl sites for hydroxylation is 1. The van der Waals surface area contributed by atoms with E-state index >= 15 is 0 Å². The largest absolute Gasteiger partial charge is 0.298 e. The van der Waals surface area contributed by atoms with Gasteiger partial charge < -0.3 is 0 Å². The Balaban J connectivity index is 2.30. The third kappa shape index (κ3) is 1.33. The first kappa shape index (κ1) is 8.38. The summed E-state index contributed by atoms with van der Waals surface area (Å²) in [6.45, 7) is 1.95. The molecule has 1 aliphatic heterocycles. The Hall–Kier alpha value is -0.220. The Morgan fingerprint density at radius 3 is 2.92 bits per heavy atom. The lowest BCUT2D eigenvalue weighted by atomic mass is 10.2. The number of halogens is 1. The highest BCUT2D eigenvalue weighted by Gasteiger charge is 2.21. The van der Waals surface area contributed by atoms with Crippen LogP contribution < -0.4 is 0 Å². The molecule has 3 nitrogen and oxygen atoms in total. The van der Waals surface area contributed by atoms with E-state index in [1.807, 2.05) is 23.3 Å². The molecule has 1 unspecified atom stereocenters. The molecular weight excluding hydrogens is 194 g/mol. The summed E-state index contributed by atoms with van der Waals surface area (Å²) >= 11 is 7.87. The molecule has 1 fully saturated rings. The van der Waals surface area contributed by atoms with E-state index in [0.29, 0.717) is 11.3 Å². The van der Waals surface area contributed by atoms with Gasteiger partial charge in [0.05, 0.1) is 0 Å². The van der Waals surface area contributed by atoms with Gasteiger partial charge >= 0.3 is 0 Å². The molecule has 0 aliphatic carbocycles. The highest BCUT2D eigenvalue weighted by atomic mass is 35.5. The minimum atomic E-state index is 0.512. The molecule has 1 aliphatic rings. The molecular formula is C7H10ClN3S. The van der Waals surface area contributed by atoms with E-state index in [1.54, 1.807) is 0 Å². The topological polar surface area (TPSA) is 30.7 Å². The molecule has 0 saturated carbocycles. The molecule has 0 N–H and O–H groups in total. The molecule has 0 bridgehead atoms. The lowest BCUT2D eigenvalue weighted by Crippen LogP contribution is -2.09. The zero-order valence-electron chi connectivity index (χ0n) is 6.83. The highest BCUT2D eigenvalue weighted by molar-refractivity contribution is 7.99. The average molecular weight is 204 g/mol. The van der Waals surface area contributed by atoms with Gasteiger partial charge in [-0.05, 0) is 30.7 Å². The van der Waals surface area contributed by atoms with Gasteiger partial charge in [0.2, 0.25) is 5.28 Å². The summed E-state index contributed by atoms with van der Waals surface area (Å²) in [5, 5.41) is 8.29. The van der Waals surface area contributed by atoms with Crippen LogP contribution in [0.2, 0.25) is 5.28 Å². The van der Waals surface area contributed by atoms with Crippen LogP contribution in [0.1, 0.15) is 18.3 Å². The van der Waals surface area contributed by atoms with Crippen molar-refractivity contribution in [2.24, 2.45) is 0 Å². The van der Waals surface area contributed by atoms with E-state index in [4.69, 9.17) is 11.6 Å². The number of hydrogen-bond donors (Lipinski definition) is 0. The van der Waals surface area contributed by atoms with Crippen LogP contribution in [-0.2, 0) is 0 Å². The second kappa shape index (κ2) is 3.26. The van der Waals surface area contributed by atoms with E-state index in [-0.39, 0.29) is 0 Å². The maximum Gasteiger partial charge on any atom is 0.225 e. The van der Waals surface area contributed by atoms with Gasteiger partial charge in [0.1, 0.15) is 5.82 Å². The maximum absolute atomic E-state index is 5.91. The van der Waals surface area contributed by atoms with Crippen molar-refractivity contribution in [1.82, 2.24) is 14.8 Å². The molecule has 1 atom stereocenters. The summed E-state index contributed by atoms with van der Waals surface area (Å²) in [5.41, 5.74) is 0. The van der Waals surface area contributed by atoms with Crippen molar-refractivity contribution in [1.29, 1.82) is 0 Å². The molecule has 1 saturated heterocycles. The molecule has 0 amide bonds. The molecule has 2 rings (SSSR count). The first-order chi connectivity index (χ1) is 5.79. The summed E-state index contributed by atoms with van der Waals surface area (Å²) in [6, 6.07) is 0.512. The number of hydrogen-bond acceptors (Lipinski definition) is 3. The summed E-state index contributed by atoms with van der Waals surface area (Å²) < 4.78 is 2.03. The molecule has 12 heavy (non-hydrogen) atoms. The lowest BCUT2D eigenvalue weighted by Gasteiger charge is -2.11. The van der Waals surface area contributed by atoms with Gasteiger partial charge in [-0.3, -0.25) is 4.57 Å². The molecule has 1 aromatic heterocycles. The van der Waals surface area contributed by atoms with Gasteiger partial charge in [-0.1, -0.05) is 0 Å². The smallest absolute Gasteiger partial charge is 0.225 e. The molecule has 66 valence electrons. The van der Waals surface area contributed by atoms with Crippen LogP contribution >= 0.6 is 23.4 Å². The summed E-state index contributed by atoms with van der Waals surface area (Å²) in [6.07, 6.45) is 1.18. The minimum absolute atomic E-state index is 0.512. The first-order valence-electron chi connectivity index (χ1n) is 3.94. The van der Waals surface area contributed by atoms with Crippen LogP contribution in [0.4, 0.5) is 0 Å². The van der Waals surface area contributed by atoms with Gasteiger partial charge in [0, 0.05) is 11.8 Å². The van der Waals surface area contributed by atoms with E-state index in [9.17, 15) is 0 Å². The van der Waals surface area contributed by atoms with Gasteiger partial charge in [0.25, 0.3) is 0 Å². The summed E-state index contributed by atoms with van der Waals surface area (Å²) in [5.74, 6) is 3.28. The monoisotopic (exact) mass is 203 g/mol. The van der Waals surface area contributed by atoms with Crippen molar-refractivity contribution < 1.29 is 0 Å². The van der Waals surface area contributed by atoms with Crippen LogP contribution in [0.3, 0.4) is 0 Å². The molecule has 2 heterocycles. The highest BCUT2D eigenvalue weighted by Crippen LogP contribution is 2.30. The lowest BCUT2D eigenvalue weighted by molar-refractivity contribution is 0.545. The van der Waals surface area contributed by atoms with E-state index in [0.717, 1.165) is 11.6 Å². The fraction of sp³-hybridized carbons (Fsp3) is 0.714. The second-order valence-electron chi connectivity index (χ2n) is 2.90. The van der Waals surface area contributed by atoms with E-state index < -0.39 is 0 Å². The van der Waals surface area contributed by atoms with Crippen LogP contribution in [-0.4, -0.2) is 26.3 Å². The maximum atomic E-state index is 5.91. The van der Waals surface area contributed by atoms with Crippen molar-refractivity contribution in [3.05, 3.63) is 11.1 Å². The number of nitrogens with zero attached hydrogens (tertiary/aromatic N) is 3. The van der Waals surface area contributed by atoms with Gasteiger partial charge in [-0.2, -0.15) is 11.8 Å². The molecule has 1 aromatic rings. The minimum Gasteiger partial charge on any atom is -0.298 e. The van der Waals surface area contributed by atoms with Crippen molar-refractivity contribution in [3.63, 3.8) is 0 Å². The Kier molecular flexibility index (Phi) is 2.28. The number of aromatic nitrogens is 3. The molecule has 0 aromatic carbocycles. The predicted molar refractivity (Wildman–Crippen MR) is 50.7 cm³/mol. The van der Waals surface area contributed by atoms with E-state index in [1.165, 1.54) is 12.2 Å². The van der Waals surface area contributed by atoms with Gasteiger partial charge in [-0.25, -0.2) is 0 Å². The zero-order valence-corrected chi connectivity index (χ0v) is 8.40. The second-order valence-corrected chi connectivity index (χ2v) is 4.39. The quantitative estimate of drug-likeness (QED) is 0.699. The number of rotatable bonds is 1. The SMILES string of the molecule is Cc1nnc(Cl)n1C1CCSC1. The van der Waals surface area contributed by atoms with Crippen molar-refractivity contribution in [3.8, 4) is 0 Å². The number of thioether (sulfide) groups is 1. The fourth-order valence-corrected chi connectivity index (χ4v) is 2.98. The van der Waals surface area contributed by atoms with Gasteiger partial charge in [0.15, 0.2) is 0 Å². The zero-order chi connectivity index (χ0) is 8.55. The van der Waals surface area contributed by atoms with Crippen molar-refractivity contribution in [2.75, 3.05) is 11.5 Å². The first-order valence-corrected chi connectivity index (χ1v) is 5.47. The van der Waals surface area contributed by atoms with Crippen molar-refractivity contribution >= 4 is 23.4 Å². The van der Waals surface area contributed by atoms with Crippen LogP contribution in [0.25, 0.3) is 0 Å². The average Bonchev–Trinajstić information content (AvgIpc) is 2.61. The van der Waals surface area contributed by atoms with Crippen LogP contribution in [0.15, 0.2) is 0 Å². The normalized spacial score (nSPS) is 23.3. The third-order valence-electron chi connectivity index (χ3n) is 2.10. The Morgan fingerprint density at radius 2 is 2.42 bits per heavy atom. The molecule has 0 radical (unpaired) electrons. The Morgan fingerprint density at radius 1 is 1.58 bits per heavy atom. The standard InChI is InChI=1S/C7H10ClN3S/c1-5-9-10-7(8)11(5)6-2-3-12-4-6/h6H,2-4H2,1H3. The molecule has 5 heteroatoms. The van der Waals surface area contributed by atoms with E-state index in [2.05, 4.69) is 10.2 Å². The molecule has 0 spiro atoms. The predicted octanol–water partition coefficient (Wildman–Crippen LogP) is 1.92. The third-order valence-corrected chi connectivity index (χ3v) is 3.50. The van der Waals surface area contributed by atoms with Crippen LogP contribution in [0.5, 0.6) is 0 Å². The van der Waals surface area contributed by atoms with Crippen molar-refractivity contribution in [2.45, 2.75) is 19.4 Å². The van der Waals surface area contributed by atoms with Gasteiger partial charge in [-0.15, -0.1) is 10.2 Å². The Labute approximate surface area is 80.5 Å². The van der Waals surface area contributed by atoms with Crippen LogP contribution in [0, 0.1) is 6.92 Å². The Bertz CT molecular complexity index is 261. The summed E-state index contributed by atoms with van der Waals surface area (Å²) in [7, 11) is 0.